The van der Waals surface area contributed by atoms with Crippen molar-refractivity contribution in [3.05, 3.63) is 30.5 Å². The molecule has 1 fully saturated rings. The zero-order chi connectivity index (χ0) is 12.7. The lowest BCUT2D eigenvalue weighted by molar-refractivity contribution is -0.141. The largest absolute Gasteiger partial charge is 0.481 e. The van der Waals surface area contributed by atoms with E-state index in [1.807, 2.05) is 30.5 Å². The van der Waals surface area contributed by atoms with Gasteiger partial charge in [0.1, 0.15) is 0 Å². The molecule has 1 aromatic carbocycles. The van der Waals surface area contributed by atoms with Gasteiger partial charge in [0.15, 0.2) is 0 Å². The first-order chi connectivity index (χ1) is 8.65. The minimum Gasteiger partial charge on any atom is -0.481 e. The first-order valence-corrected chi connectivity index (χ1v) is 5.75. The second-order valence-corrected chi connectivity index (χ2v) is 4.49. The van der Waals surface area contributed by atoms with Gasteiger partial charge in [0.05, 0.1) is 5.92 Å². The Hall–Kier alpha value is -2.30. The molecule has 1 atom stereocenters. The van der Waals surface area contributed by atoms with Crippen molar-refractivity contribution in [2.75, 3.05) is 11.4 Å². The summed E-state index contributed by atoms with van der Waals surface area (Å²) >= 11 is 0. The summed E-state index contributed by atoms with van der Waals surface area (Å²) in [7, 11) is 0. The third kappa shape index (κ3) is 1.64. The minimum absolute atomic E-state index is 0.0814. The fraction of sp³-hybridized carbons (Fsp3) is 0.231. The van der Waals surface area contributed by atoms with Crippen molar-refractivity contribution in [2.24, 2.45) is 5.92 Å². The monoisotopic (exact) mass is 244 g/mol. The van der Waals surface area contributed by atoms with Crippen molar-refractivity contribution >= 4 is 28.5 Å². The molecule has 3 rings (SSSR count). The van der Waals surface area contributed by atoms with Crippen molar-refractivity contribution in [3.63, 3.8) is 0 Å². The van der Waals surface area contributed by atoms with Crippen LogP contribution in [0.5, 0.6) is 0 Å². The van der Waals surface area contributed by atoms with E-state index in [2.05, 4.69) is 4.98 Å². The number of aliphatic carboxylic acids is 1. The number of nitrogens with zero attached hydrogens (tertiary/aromatic N) is 1. The number of carbonyl (C=O) groups excluding carboxylic acids is 1. The number of nitrogens with one attached hydrogen (secondary N) is 1. The third-order valence-corrected chi connectivity index (χ3v) is 3.32. The van der Waals surface area contributed by atoms with Crippen LogP contribution in [0.2, 0.25) is 0 Å². The van der Waals surface area contributed by atoms with E-state index in [9.17, 15) is 9.59 Å². The van der Waals surface area contributed by atoms with Gasteiger partial charge in [0, 0.05) is 30.4 Å². The number of H-pyrrole nitrogens is 1. The number of hydrogen-bond acceptors (Lipinski definition) is 2. The van der Waals surface area contributed by atoms with Gasteiger partial charge in [0.25, 0.3) is 0 Å². The van der Waals surface area contributed by atoms with Gasteiger partial charge in [0.2, 0.25) is 5.91 Å². The fourth-order valence-corrected chi connectivity index (χ4v) is 2.33. The van der Waals surface area contributed by atoms with Gasteiger partial charge in [-0.2, -0.15) is 0 Å². The average molecular weight is 244 g/mol. The van der Waals surface area contributed by atoms with E-state index in [-0.39, 0.29) is 18.9 Å². The number of carbonyl (C=O) groups is 2. The first-order valence-electron chi connectivity index (χ1n) is 5.75. The molecule has 0 unspecified atom stereocenters. The summed E-state index contributed by atoms with van der Waals surface area (Å²) in [5, 5.41) is 10.0. The van der Waals surface area contributed by atoms with Crippen LogP contribution in [0.3, 0.4) is 0 Å². The van der Waals surface area contributed by atoms with Crippen LogP contribution in [0.4, 0.5) is 5.69 Å². The molecule has 1 aliphatic heterocycles. The molecule has 2 aromatic rings. The maximum absolute atomic E-state index is 11.8. The number of benzene rings is 1. The summed E-state index contributed by atoms with van der Waals surface area (Å²) in [5.41, 5.74) is 1.69. The summed E-state index contributed by atoms with van der Waals surface area (Å²) in [5.74, 6) is -1.64. The molecule has 1 amide bonds. The summed E-state index contributed by atoms with van der Waals surface area (Å²) in [6.07, 6.45) is 1.92. The highest BCUT2D eigenvalue weighted by atomic mass is 16.4. The van der Waals surface area contributed by atoms with Crippen molar-refractivity contribution in [1.29, 1.82) is 0 Å². The first kappa shape index (κ1) is 10.8. The summed E-state index contributed by atoms with van der Waals surface area (Å²) in [6, 6.07) is 7.59. The van der Waals surface area contributed by atoms with Gasteiger partial charge in [-0.25, -0.2) is 0 Å². The van der Waals surface area contributed by atoms with E-state index in [0.29, 0.717) is 0 Å². The number of carboxylic acid groups (broad SMARTS) is 1. The standard InChI is InChI=1S/C13H12N2O3/c16-12-5-9(13(17)18)7-15(12)10-2-1-8-3-4-14-11(8)6-10/h1-4,6,9,14H,5,7H2,(H,17,18)/t9-/m0/s1. The Balaban J connectivity index is 1.94. The van der Waals surface area contributed by atoms with E-state index in [0.717, 1.165) is 16.6 Å². The zero-order valence-electron chi connectivity index (χ0n) is 9.59. The molecule has 5 nitrogen and oxygen atoms in total. The topological polar surface area (TPSA) is 73.4 Å². The second kappa shape index (κ2) is 3.87. The van der Waals surface area contributed by atoms with E-state index in [1.165, 1.54) is 0 Å². The maximum atomic E-state index is 11.8. The van der Waals surface area contributed by atoms with E-state index in [4.69, 9.17) is 5.11 Å². The van der Waals surface area contributed by atoms with Crippen LogP contribution in [0.15, 0.2) is 30.5 Å². The van der Waals surface area contributed by atoms with Gasteiger partial charge in [-0.3, -0.25) is 9.59 Å². The minimum atomic E-state index is -0.910. The molecule has 2 heterocycles. The predicted molar refractivity (Wildman–Crippen MR) is 66.4 cm³/mol. The Morgan fingerprint density at radius 3 is 2.94 bits per heavy atom. The highest BCUT2D eigenvalue weighted by Crippen LogP contribution is 2.27. The van der Waals surface area contributed by atoms with Crippen molar-refractivity contribution in [1.82, 2.24) is 4.98 Å². The number of rotatable bonds is 2. The van der Waals surface area contributed by atoms with E-state index < -0.39 is 11.9 Å². The van der Waals surface area contributed by atoms with Crippen LogP contribution < -0.4 is 4.90 Å². The van der Waals surface area contributed by atoms with Crippen molar-refractivity contribution in [2.45, 2.75) is 6.42 Å². The van der Waals surface area contributed by atoms with Gasteiger partial charge in [-0.05, 0) is 23.6 Å². The quantitative estimate of drug-likeness (QED) is 0.842. The van der Waals surface area contributed by atoms with Gasteiger partial charge < -0.3 is 15.0 Å². The van der Waals surface area contributed by atoms with Crippen molar-refractivity contribution in [3.8, 4) is 0 Å². The van der Waals surface area contributed by atoms with Crippen LogP contribution in [0.1, 0.15) is 6.42 Å². The Morgan fingerprint density at radius 1 is 1.39 bits per heavy atom. The zero-order valence-corrected chi connectivity index (χ0v) is 9.59. The molecule has 0 radical (unpaired) electrons. The number of aromatic nitrogens is 1. The highest BCUT2D eigenvalue weighted by Gasteiger charge is 2.35. The lowest BCUT2D eigenvalue weighted by Gasteiger charge is -2.16. The maximum Gasteiger partial charge on any atom is 0.308 e. The SMILES string of the molecule is O=C(O)[C@H]1CC(=O)N(c2ccc3cc[nH]c3c2)C1. The van der Waals surface area contributed by atoms with Crippen LogP contribution in [-0.4, -0.2) is 28.5 Å². The smallest absolute Gasteiger partial charge is 0.308 e. The molecule has 92 valence electrons. The lowest BCUT2D eigenvalue weighted by Crippen LogP contribution is -2.25. The van der Waals surface area contributed by atoms with Gasteiger partial charge in [-0.15, -0.1) is 0 Å². The molecule has 5 heteroatoms. The number of amides is 1. The molecule has 0 saturated carbocycles. The summed E-state index contributed by atoms with van der Waals surface area (Å²) in [4.78, 5) is 27.3. The second-order valence-electron chi connectivity index (χ2n) is 4.49. The number of aromatic amines is 1. The van der Waals surface area contributed by atoms with E-state index in [1.54, 1.807) is 4.90 Å². The molecule has 1 aromatic heterocycles. The fourth-order valence-electron chi connectivity index (χ4n) is 2.33. The van der Waals surface area contributed by atoms with Crippen LogP contribution in [0.25, 0.3) is 10.9 Å². The third-order valence-electron chi connectivity index (χ3n) is 3.32. The highest BCUT2D eigenvalue weighted by molar-refractivity contribution is 6.00. The van der Waals surface area contributed by atoms with Crippen LogP contribution >= 0.6 is 0 Å². The predicted octanol–water partition coefficient (Wildman–Crippen LogP) is 1.61. The average Bonchev–Trinajstić information content (AvgIpc) is 2.93. The van der Waals surface area contributed by atoms with E-state index >= 15 is 0 Å². The van der Waals surface area contributed by atoms with Crippen molar-refractivity contribution < 1.29 is 14.7 Å². The van der Waals surface area contributed by atoms with Gasteiger partial charge >= 0.3 is 5.97 Å². The summed E-state index contributed by atoms with van der Waals surface area (Å²) in [6.45, 7) is 0.250. The van der Waals surface area contributed by atoms with Gasteiger partial charge in [-0.1, -0.05) is 6.07 Å². The molecule has 0 spiro atoms. The Morgan fingerprint density at radius 2 is 2.22 bits per heavy atom. The molecule has 2 N–H and O–H groups in total. The molecule has 1 saturated heterocycles. The Bertz CT molecular complexity index is 632. The number of hydrogen-bond donors (Lipinski definition) is 2. The molecular formula is C13H12N2O3. The Labute approximate surface area is 103 Å². The molecule has 0 aliphatic carbocycles. The molecule has 1 aliphatic rings. The molecule has 0 bridgehead atoms. The normalized spacial score (nSPS) is 19.7. The molecule has 18 heavy (non-hydrogen) atoms. The number of carboxylic acids is 1. The number of fused-ring (bicyclic) bond motifs is 1. The number of anilines is 1. The van der Waals surface area contributed by atoms with Crippen LogP contribution in [-0.2, 0) is 9.59 Å². The molecular weight excluding hydrogens is 232 g/mol. The summed E-state index contributed by atoms with van der Waals surface area (Å²) < 4.78 is 0. The lowest BCUT2D eigenvalue weighted by atomic mass is 10.1. The van der Waals surface area contributed by atoms with Crippen LogP contribution in [0, 0.1) is 5.92 Å². The Kier molecular flexibility index (Phi) is 2.33.